The molecule has 4 rings (SSSR count). The number of aliphatic hydroxyl groups excluding tert-OH is 4. The van der Waals surface area contributed by atoms with Crippen molar-refractivity contribution in [2.24, 2.45) is 0 Å². The van der Waals surface area contributed by atoms with Gasteiger partial charge in [0.2, 0.25) is 0 Å². The molecule has 0 unspecified atom stereocenters. The molecule has 5 atom stereocenters. The van der Waals surface area contributed by atoms with E-state index >= 15 is 0 Å². The molecule has 34 heavy (non-hydrogen) atoms. The molecule has 7 nitrogen and oxygen atoms in total. The average Bonchev–Trinajstić information content (AvgIpc) is 3.07. The van der Waals surface area contributed by atoms with E-state index in [2.05, 4.69) is 24.3 Å². The van der Waals surface area contributed by atoms with Crippen LogP contribution in [-0.4, -0.2) is 64.7 Å². The lowest BCUT2D eigenvalue weighted by Crippen LogP contribution is -2.55. The highest BCUT2D eigenvalue weighted by Gasteiger charge is 2.45. The number of ether oxygens (including phenoxy) is 3. The largest absolute Gasteiger partial charge is 0.490 e. The van der Waals surface area contributed by atoms with Crippen LogP contribution in [0.3, 0.4) is 0 Å². The van der Waals surface area contributed by atoms with E-state index in [9.17, 15) is 20.4 Å². The van der Waals surface area contributed by atoms with Gasteiger partial charge in [-0.05, 0) is 54.7 Å². The zero-order valence-corrected chi connectivity index (χ0v) is 19.4. The first-order chi connectivity index (χ1) is 16.5. The lowest BCUT2D eigenvalue weighted by molar-refractivity contribution is -0.232. The first-order valence-corrected chi connectivity index (χ1v) is 11.7. The highest BCUT2D eigenvalue weighted by atomic mass is 16.5. The monoisotopic (exact) mass is 468 g/mol. The van der Waals surface area contributed by atoms with Crippen molar-refractivity contribution in [3.8, 4) is 22.6 Å². The molecule has 1 aromatic carbocycles. The second kappa shape index (κ2) is 10.7. The molecule has 0 saturated carbocycles. The predicted molar refractivity (Wildman–Crippen MR) is 127 cm³/mol. The van der Waals surface area contributed by atoms with Crippen molar-refractivity contribution >= 4 is 0 Å². The van der Waals surface area contributed by atoms with Crippen LogP contribution in [0.4, 0.5) is 0 Å². The maximum absolute atomic E-state index is 10.8. The molecule has 1 heterocycles. The van der Waals surface area contributed by atoms with E-state index < -0.39 is 37.1 Å². The maximum Gasteiger partial charge on any atom is 0.167 e. The Morgan fingerprint density at radius 3 is 2.06 bits per heavy atom. The zero-order valence-electron chi connectivity index (χ0n) is 19.4. The van der Waals surface area contributed by atoms with Gasteiger partial charge in [0.05, 0.1) is 19.8 Å². The van der Waals surface area contributed by atoms with Crippen LogP contribution >= 0.6 is 0 Å². The standard InChI is InChI=1S/C27H32O7/c1-3-32-21-14-17(10-16-11-18-8-6-5-7-9-19(18)12-16)13-20(26(21)33-4-2)27-25(31)24(30)23(29)22(15-28)34-27/h5-9,11-14,22-25,27-31H,3-4,10,15H2,1-2H3/t22-,23-,24+,25-,27+/m1/s1. The van der Waals surface area contributed by atoms with Crippen LogP contribution in [0.15, 0.2) is 54.6 Å². The van der Waals surface area contributed by atoms with Gasteiger partial charge in [-0.3, -0.25) is 0 Å². The van der Waals surface area contributed by atoms with Crippen molar-refractivity contribution in [3.63, 3.8) is 0 Å². The van der Waals surface area contributed by atoms with E-state index in [0.29, 0.717) is 36.7 Å². The van der Waals surface area contributed by atoms with Gasteiger partial charge >= 0.3 is 0 Å². The molecule has 1 saturated heterocycles. The van der Waals surface area contributed by atoms with Gasteiger partial charge in [-0.25, -0.2) is 0 Å². The molecule has 0 amide bonds. The second-order valence-corrected chi connectivity index (χ2v) is 8.49. The highest BCUT2D eigenvalue weighted by Crippen LogP contribution is 2.43. The number of rotatable bonds is 8. The van der Waals surface area contributed by atoms with Gasteiger partial charge < -0.3 is 34.6 Å². The third-order valence-electron chi connectivity index (χ3n) is 6.13. The molecular formula is C27H32O7. The van der Waals surface area contributed by atoms with E-state index in [1.54, 1.807) is 0 Å². The van der Waals surface area contributed by atoms with Crippen molar-refractivity contribution in [3.05, 3.63) is 71.3 Å². The van der Waals surface area contributed by atoms with Gasteiger partial charge in [0.1, 0.15) is 30.5 Å². The summed E-state index contributed by atoms with van der Waals surface area (Å²) < 4.78 is 17.6. The van der Waals surface area contributed by atoms with Crippen LogP contribution in [0, 0.1) is 0 Å². The van der Waals surface area contributed by atoms with Gasteiger partial charge in [-0.2, -0.15) is 0 Å². The summed E-state index contributed by atoms with van der Waals surface area (Å²) in [5.74, 6) is 0.924. The summed E-state index contributed by atoms with van der Waals surface area (Å²) in [6.07, 6.45) is -5.75. The second-order valence-electron chi connectivity index (χ2n) is 8.49. The molecule has 0 aromatic heterocycles. The fourth-order valence-corrected chi connectivity index (χ4v) is 4.53. The van der Waals surface area contributed by atoms with Crippen LogP contribution in [0.1, 0.15) is 36.6 Å². The third-order valence-corrected chi connectivity index (χ3v) is 6.13. The molecule has 0 spiro atoms. The number of fused-ring (bicyclic) bond motifs is 1. The lowest BCUT2D eigenvalue weighted by Gasteiger charge is -2.40. The van der Waals surface area contributed by atoms with Gasteiger partial charge in [0, 0.05) is 5.56 Å². The molecule has 1 fully saturated rings. The summed E-state index contributed by atoms with van der Waals surface area (Å²) >= 11 is 0. The highest BCUT2D eigenvalue weighted by molar-refractivity contribution is 5.68. The van der Waals surface area contributed by atoms with Crippen molar-refractivity contribution in [2.45, 2.75) is 50.8 Å². The molecule has 0 bridgehead atoms. The summed E-state index contributed by atoms with van der Waals surface area (Å²) in [4.78, 5) is 0. The van der Waals surface area contributed by atoms with Crippen LogP contribution in [0.5, 0.6) is 11.5 Å². The fraction of sp³-hybridized carbons (Fsp3) is 0.407. The van der Waals surface area contributed by atoms with Crippen molar-refractivity contribution in [1.82, 2.24) is 0 Å². The average molecular weight is 469 g/mol. The SMILES string of the molecule is CCOc1cc(Cc2cc3cccccc-3c2)cc([C@@H]2O[C@H](CO)[C@@H](O)[C@H](O)[C@H]2O)c1OCC. The summed E-state index contributed by atoms with van der Waals surface area (Å²) in [6.45, 7) is 3.99. The number of hydrogen-bond acceptors (Lipinski definition) is 7. The Morgan fingerprint density at radius 2 is 1.44 bits per heavy atom. The molecule has 2 aliphatic carbocycles. The van der Waals surface area contributed by atoms with E-state index in [1.807, 2.05) is 44.2 Å². The third kappa shape index (κ3) is 4.89. The van der Waals surface area contributed by atoms with Crippen molar-refractivity contribution < 1.29 is 34.6 Å². The number of benzene rings is 1. The molecule has 1 aromatic rings. The normalized spacial score (nSPS) is 24.8. The van der Waals surface area contributed by atoms with E-state index in [4.69, 9.17) is 14.2 Å². The summed E-state index contributed by atoms with van der Waals surface area (Å²) in [7, 11) is 0. The van der Waals surface area contributed by atoms with Gasteiger partial charge in [0.25, 0.3) is 0 Å². The first kappa shape index (κ1) is 24.4. The molecule has 1 aliphatic heterocycles. The predicted octanol–water partition coefficient (Wildman–Crippen LogP) is 2.69. The number of aliphatic hydroxyl groups is 4. The van der Waals surface area contributed by atoms with Crippen LogP contribution in [0.2, 0.25) is 0 Å². The smallest absolute Gasteiger partial charge is 0.167 e. The Labute approximate surface area is 199 Å². The topological polar surface area (TPSA) is 109 Å². The fourth-order valence-electron chi connectivity index (χ4n) is 4.53. The minimum atomic E-state index is -1.48. The minimum absolute atomic E-state index is 0.356. The minimum Gasteiger partial charge on any atom is -0.490 e. The molecule has 0 radical (unpaired) electrons. The van der Waals surface area contributed by atoms with Gasteiger partial charge in [0.15, 0.2) is 11.5 Å². The van der Waals surface area contributed by atoms with Crippen molar-refractivity contribution in [1.29, 1.82) is 0 Å². The van der Waals surface area contributed by atoms with Crippen LogP contribution in [-0.2, 0) is 11.2 Å². The summed E-state index contributed by atoms with van der Waals surface area (Å²) in [5, 5.41) is 41.0. The van der Waals surface area contributed by atoms with E-state index in [-0.39, 0.29) is 0 Å². The molecule has 7 heteroatoms. The van der Waals surface area contributed by atoms with Crippen LogP contribution in [0.25, 0.3) is 11.1 Å². The molecule has 4 N–H and O–H groups in total. The zero-order chi connectivity index (χ0) is 24.2. The maximum atomic E-state index is 10.8. The quantitative estimate of drug-likeness (QED) is 0.403. The molecule has 3 aliphatic rings. The molecular weight excluding hydrogens is 436 g/mol. The van der Waals surface area contributed by atoms with Crippen molar-refractivity contribution in [2.75, 3.05) is 19.8 Å². The Balaban J connectivity index is 1.77. The van der Waals surface area contributed by atoms with Gasteiger partial charge in [-0.1, -0.05) is 42.5 Å². The number of hydrogen-bond donors (Lipinski definition) is 4. The summed E-state index contributed by atoms with van der Waals surface area (Å²) in [6, 6.07) is 18.2. The Bertz CT molecular complexity index is 1040. The Morgan fingerprint density at radius 1 is 0.794 bits per heavy atom. The Hall–Kier alpha value is -2.68. The lowest BCUT2D eigenvalue weighted by atomic mass is 9.89. The van der Waals surface area contributed by atoms with E-state index in [1.165, 1.54) is 0 Å². The Kier molecular flexibility index (Phi) is 7.70. The first-order valence-electron chi connectivity index (χ1n) is 11.7. The molecule has 182 valence electrons. The van der Waals surface area contributed by atoms with Crippen LogP contribution < -0.4 is 9.47 Å². The van der Waals surface area contributed by atoms with E-state index in [0.717, 1.165) is 22.3 Å². The van der Waals surface area contributed by atoms with Gasteiger partial charge in [-0.15, -0.1) is 0 Å². The summed E-state index contributed by atoms with van der Waals surface area (Å²) in [5.41, 5.74) is 4.82.